The monoisotopic (exact) mass is 408 g/mol. The second-order valence-corrected chi connectivity index (χ2v) is 5.24. The Balaban J connectivity index is 2.96. The van der Waals surface area contributed by atoms with Gasteiger partial charge >= 0.3 is 12.4 Å². The van der Waals surface area contributed by atoms with Crippen molar-refractivity contribution in [2.45, 2.75) is 12.4 Å². The SMILES string of the molecule is O=C(c1c([N+](=O)[O-])cccc1C(F)(F)F)c1c([N+](=O)[O-])cccc1C(F)(F)F. The predicted molar refractivity (Wildman–Crippen MR) is 79.6 cm³/mol. The number of halogens is 6. The van der Waals surface area contributed by atoms with Crippen molar-refractivity contribution in [1.82, 2.24) is 0 Å². The molecule has 0 aliphatic carbocycles. The number of hydrogen-bond donors (Lipinski definition) is 0. The summed E-state index contributed by atoms with van der Waals surface area (Å²) in [5, 5.41) is 22.1. The lowest BCUT2D eigenvalue weighted by atomic mass is 9.92. The molecule has 0 amide bonds. The van der Waals surface area contributed by atoms with E-state index in [-0.39, 0.29) is 12.1 Å². The van der Waals surface area contributed by atoms with Gasteiger partial charge in [0, 0.05) is 12.1 Å². The number of nitro groups is 2. The summed E-state index contributed by atoms with van der Waals surface area (Å²) >= 11 is 0. The van der Waals surface area contributed by atoms with E-state index >= 15 is 0 Å². The topological polar surface area (TPSA) is 103 Å². The first-order chi connectivity index (χ1) is 12.8. The highest BCUT2D eigenvalue weighted by Crippen LogP contribution is 2.41. The van der Waals surface area contributed by atoms with E-state index in [1.807, 2.05) is 0 Å². The molecule has 2 aromatic carbocycles. The summed E-state index contributed by atoms with van der Waals surface area (Å²) in [5.74, 6) is -2.14. The fourth-order valence-electron chi connectivity index (χ4n) is 2.46. The summed E-state index contributed by atoms with van der Waals surface area (Å²) < 4.78 is 79.4. The number of carbonyl (C=O) groups is 1. The highest BCUT2D eigenvalue weighted by atomic mass is 19.4. The van der Waals surface area contributed by atoms with Gasteiger partial charge in [-0.15, -0.1) is 0 Å². The van der Waals surface area contributed by atoms with E-state index < -0.39 is 61.6 Å². The van der Waals surface area contributed by atoms with Crippen LogP contribution in [0.25, 0.3) is 0 Å². The summed E-state index contributed by atoms with van der Waals surface area (Å²) in [4.78, 5) is 32.0. The van der Waals surface area contributed by atoms with Crippen LogP contribution < -0.4 is 0 Å². The fourth-order valence-corrected chi connectivity index (χ4v) is 2.46. The Labute approximate surface area is 150 Å². The minimum absolute atomic E-state index is 0.252. The molecule has 28 heavy (non-hydrogen) atoms. The molecule has 0 bridgehead atoms. The number of alkyl halides is 6. The molecule has 0 aromatic heterocycles. The third-order valence-corrected chi connectivity index (χ3v) is 3.54. The van der Waals surface area contributed by atoms with Gasteiger partial charge in [-0.05, 0) is 12.1 Å². The first kappa shape index (κ1) is 20.8. The summed E-state index contributed by atoms with van der Waals surface area (Å²) in [6, 6.07) is 2.63. The third-order valence-electron chi connectivity index (χ3n) is 3.54. The van der Waals surface area contributed by atoms with E-state index in [1.54, 1.807) is 0 Å². The van der Waals surface area contributed by atoms with Crippen LogP contribution in [0.4, 0.5) is 37.7 Å². The maximum Gasteiger partial charge on any atom is 0.417 e. The Bertz CT molecular complexity index is 906. The van der Waals surface area contributed by atoms with Gasteiger partial charge < -0.3 is 0 Å². The smallest absolute Gasteiger partial charge is 0.288 e. The van der Waals surface area contributed by atoms with Gasteiger partial charge in [0.05, 0.1) is 21.0 Å². The normalized spacial score (nSPS) is 11.9. The van der Waals surface area contributed by atoms with E-state index in [2.05, 4.69) is 0 Å². The molecule has 148 valence electrons. The lowest BCUT2D eigenvalue weighted by molar-refractivity contribution is -0.385. The molecule has 7 nitrogen and oxygen atoms in total. The van der Waals surface area contributed by atoms with Crippen molar-refractivity contribution >= 4 is 17.2 Å². The molecular formula is C15H6F6N2O5. The van der Waals surface area contributed by atoms with Gasteiger partial charge in [0.15, 0.2) is 0 Å². The third kappa shape index (κ3) is 3.77. The summed E-state index contributed by atoms with van der Waals surface area (Å²) in [6.07, 6.45) is -10.7. The molecular weight excluding hydrogens is 402 g/mol. The van der Waals surface area contributed by atoms with Gasteiger partial charge in [-0.3, -0.25) is 25.0 Å². The molecule has 0 saturated carbocycles. The number of hydrogen-bond acceptors (Lipinski definition) is 5. The molecule has 2 aromatic rings. The first-order valence-electron chi connectivity index (χ1n) is 7.00. The Morgan fingerprint density at radius 3 is 1.29 bits per heavy atom. The highest BCUT2D eigenvalue weighted by molar-refractivity contribution is 6.15. The summed E-state index contributed by atoms with van der Waals surface area (Å²) in [7, 11) is 0. The zero-order valence-electron chi connectivity index (χ0n) is 13.2. The number of nitro benzene ring substituents is 2. The van der Waals surface area contributed by atoms with E-state index in [1.165, 1.54) is 0 Å². The van der Waals surface area contributed by atoms with E-state index in [0.29, 0.717) is 24.3 Å². The first-order valence-corrected chi connectivity index (χ1v) is 7.00. The minimum Gasteiger partial charge on any atom is -0.288 e. The zero-order chi connectivity index (χ0) is 21.4. The van der Waals surface area contributed by atoms with E-state index in [9.17, 15) is 51.4 Å². The van der Waals surface area contributed by atoms with Crippen LogP contribution >= 0.6 is 0 Å². The summed E-state index contributed by atoms with van der Waals surface area (Å²) in [5.41, 5.74) is -10.1. The van der Waals surface area contributed by atoms with Crippen molar-refractivity contribution in [3.63, 3.8) is 0 Å². The average Bonchev–Trinajstić information content (AvgIpc) is 2.58. The van der Waals surface area contributed by atoms with Crippen molar-refractivity contribution in [1.29, 1.82) is 0 Å². The van der Waals surface area contributed by atoms with Gasteiger partial charge in [0.1, 0.15) is 11.1 Å². The number of ketones is 1. The van der Waals surface area contributed by atoms with Gasteiger partial charge in [-0.25, -0.2) is 0 Å². The molecule has 0 heterocycles. The maximum atomic E-state index is 13.2. The standard InChI is InChI=1S/C15H6F6N2O5/c16-14(17,18)7-3-1-5-9(22(25)26)11(7)13(24)12-8(15(19,20)21)4-2-6-10(12)23(27)28/h1-6H. The molecule has 0 unspecified atom stereocenters. The van der Waals surface area contributed by atoms with Crippen LogP contribution in [0.3, 0.4) is 0 Å². The number of rotatable bonds is 4. The molecule has 0 atom stereocenters. The van der Waals surface area contributed by atoms with Gasteiger partial charge in [-0.2, -0.15) is 26.3 Å². The lowest BCUT2D eigenvalue weighted by Gasteiger charge is -2.15. The predicted octanol–water partition coefficient (Wildman–Crippen LogP) is 4.77. The lowest BCUT2D eigenvalue weighted by Crippen LogP contribution is -2.20. The van der Waals surface area contributed by atoms with Crippen LogP contribution in [0.5, 0.6) is 0 Å². The van der Waals surface area contributed by atoms with Crippen molar-refractivity contribution in [2.75, 3.05) is 0 Å². The molecule has 0 radical (unpaired) electrons. The van der Waals surface area contributed by atoms with E-state index in [4.69, 9.17) is 0 Å². The average molecular weight is 408 g/mol. The van der Waals surface area contributed by atoms with Crippen LogP contribution in [-0.4, -0.2) is 15.6 Å². The number of benzene rings is 2. The summed E-state index contributed by atoms with van der Waals surface area (Å²) in [6.45, 7) is 0. The quantitative estimate of drug-likeness (QED) is 0.314. The Morgan fingerprint density at radius 1 is 0.714 bits per heavy atom. The maximum absolute atomic E-state index is 13.2. The molecule has 0 saturated heterocycles. The van der Waals surface area contributed by atoms with Crippen LogP contribution in [0.1, 0.15) is 27.0 Å². The second kappa shape index (κ2) is 6.90. The Morgan fingerprint density at radius 2 is 1.04 bits per heavy atom. The van der Waals surface area contributed by atoms with Crippen LogP contribution in [-0.2, 0) is 12.4 Å². The molecule has 13 heteroatoms. The zero-order valence-corrected chi connectivity index (χ0v) is 13.2. The Kier molecular flexibility index (Phi) is 5.13. The molecule has 0 N–H and O–H groups in total. The van der Waals surface area contributed by atoms with Crippen LogP contribution in [0.15, 0.2) is 36.4 Å². The molecule has 2 rings (SSSR count). The molecule has 0 aliphatic heterocycles. The van der Waals surface area contributed by atoms with Gasteiger partial charge in [-0.1, -0.05) is 12.1 Å². The van der Waals surface area contributed by atoms with Crippen LogP contribution in [0, 0.1) is 20.2 Å². The van der Waals surface area contributed by atoms with Crippen molar-refractivity contribution < 1.29 is 41.0 Å². The van der Waals surface area contributed by atoms with Crippen molar-refractivity contribution in [2.24, 2.45) is 0 Å². The Hall–Kier alpha value is -3.51. The van der Waals surface area contributed by atoms with E-state index in [0.717, 1.165) is 0 Å². The molecule has 0 fully saturated rings. The van der Waals surface area contributed by atoms with Gasteiger partial charge in [0.2, 0.25) is 5.78 Å². The second-order valence-electron chi connectivity index (χ2n) is 5.24. The van der Waals surface area contributed by atoms with Crippen molar-refractivity contribution in [3.8, 4) is 0 Å². The fraction of sp³-hybridized carbons (Fsp3) is 0.133. The minimum atomic E-state index is -5.35. The highest BCUT2D eigenvalue weighted by Gasteiger charge is 2.44. The van der Waals surface area contributed by atoms with Crippen molar-refractivity contribution in [3.05, 3.63) is 78.9 Å². The number of carbonyl (C=O) groups excluding carboxylic acids is 1. The number of nitrogens with zero attached hydrogens (tertiary/aromatic N) is 2. The largest absolute Gasteiger partial charge is 0.417 e. The van der Waals surface area contributed by atoms with Gasteiger partial charge in [0.25, 0.3) is 11.4 Å². The molecule has 0 aliphatic rings. The van der Waals surface area contributed by atoms with Crippen LogP contribution in [0.2, 0.25) is 0 Å². The molecule has 0 spiro atoms.